The molecule has 0 aromatic heterocycles. The zero-order chi connectivity index (χ0) is 27.9. The van der Waals surface area contributed by atoms with E-state index in [1.807, 2.05) is 58.0 Å². The van der Waals surface area contributed by atoms with Gasteiger partial charge in [-0.2, -0.15) is 0 Å². The smallest absolute Gasteiger partial charge is 0.313 e. The van der Waals surface area contributed by atoms with Gasteiger partial charge in [0, 0.05) is 12.1 Å². The van der Waals surface area contributed by atoms with E-state index in [0.29, 0.717) is 24.8 Å². The molecule has 0 saturated carbocycles. The predicted molar refractivity (Wildman–Crippen MR) is 143 cm³/mol. The molecular formula is C30H40N2O6. The molecule has 8 nitrogen and oxygen atoms in total. The van der Waals surface area contributed by atoms with Gasteiger partial charge in [0.05, 0.1) is 24.2 Å². The van der Waals surface area contributed by atoms with Crippen LogP contribution in [0.5, 0.6) is 0 Å². The topological polar surface area (TPSA) is 96.4 Å². The first kappa shape index (κ1) is 28.0. The highest BCUT2D eigenvalue weighted by molar-refractivity contribution is 5.99. The first-order valence-corrected chi connectivity index (χ1v) is 13.4. The second kappa shape index (κ2) is 10.3. The fourth-order valence-electron chi connectivity index (χ4n) is 6.86. The van der Waals surface area contributed by atoms with Gasteiger partial charge in [0.2, 0.25) is 11.8 Å². The van der Waals surface area contributed by atoms with Crippen molar-refractivity contribution in [3.63, 3.8) is 0 Å². The molecule has 1 spiro atoms. The van der Waals surface area contributed by atoms with Crippen LogP contribution >= 0.6 is 0 Å². The standard InChI is InChI=1S/C30H40N2O6/c1-7-17-31(28(4,5)6)26(35)24-30-16-15-29(9-3,38-30)23(27(36)37-18-8-2)22(30)25(34)32(24)21(19-33)20-13-11-10-12-14-20/h7-8,10-14,21-24,33H,1-2,9,15-19H2,3-6H3/t21-,22+,23+,24?,29-,30?/m1/s1. The summed E-state index contributed by atoms with van der Waals surface area (Å²) in [6.45, 7) is 15.1. The normalized spacial score (nSPS) is 30.6. The van der Waals surface area contributed by atoms with Crippen LogP contribution in [0.4, 0.5) is 0 Å². The molecule has 206 valence electrons. The fourth-order valence-corrected chi connectivity index (χ4v) is 6.86. The number of benzene rings is 1. The number of aliphatic hydroxyl groups is 1. The number of amides is 2. The van der Waals surface area contributed by atoms with E-state index in [1.54, 1.807) is 11.0 Å². The minimum atomic E-state index is -1.21. The lowest BCUT2D eigenvalue weighted by Gasteiger charge is -2.43. The van der Waals surface area contributed by atoms with Crippen molar-refractivity contribution in [1.82, 2.24) is 9.80 Å². The highest BCUT2D eigenvalue weighted by Gasteiger charge is 2.79. The quantitative estimate of drug-likeness (QED) is 0.372. The Morgan fingerprint density at radius 1 is 1.24 bits per heavy atom. The number of rotatable bonds is 10. The zero-order valence-electron chi connectivity index (χ0n) is 22.9. The van der Waals surface area contributed by atoms with Gasteiger partial charge in [-0.15, -0.1) is 6.58 Å². The Kier molecular flexibility index (Phi) is 7.60. The molecule has 1 N–H and O–H groups in total. The van der Waals surface area contributed by atoms with Crippen LogP contribution < -0.4 is 0 Å². The number of carbonyl (C=O) groups is 3. The molecule has 0 radical (unpaired) electrons. The van der Waals surface area contributed by atoms with Crippen LogP contribution in [0, 0.1) is 11.8 Å². The number of ether oxygens (including phenoxy) is 2. The molecule has 3 heterocycles. The maximum Gasteiger partial charge on any atom is 0.313 e. The van der Waals surface area contributed by atoms with Crippen molar-refractivity contribution >= 4 is 17.8 Å². The summed E-state index contributed by atoms with van der Waals surface area (Å²) in [5.41, 5.74) is -1.98. The molecule has 4 rings (SSSR count). The summed E-state index contributed by atoms with van der Waals surface area (Å²) >= 11 is 0. The molecule has 6 atom stereocenters. The number of aliphatic hydroxyl groups excluding tert-OH is 1. The zero-order valence-corrected chi connectivity index (χ0v) is 22.9. The summed E-state index contributed by atoms with van der Waals surface area (Å²) in [6.07, 6.45) is 4.64. The van der Waals surface area contributed by atoms with E-state index in [4.69, 9.17) is 9.47 Å². The van der Waals surface area contributed by atoms with Gasteiger partial charge in [-0.25, -0.2) is 0 Å². The summed E-state index contributed by atoms with van der Waals surface area (Å²) in [5.74, 6) is -2.92. The average Bonchev–Trinajstić information content (AvgIpc) is 3.50. The molecule has 2 bridgehead atoms. The number of esters is 1. The number of likely N-dealkylation sites (tertiary alicyclic amines) is 1. The van der Waals surface area contributed by atoms with Crippen LogP contribution in [0.15, 0.2) is 55.6 Å². The van der Waals surface area contributed by atoms with Crippen LogP contribution in [0.2, 0.25) is 0 Å². The summed E-state index contributed by atoms with van der Waals surface area (Å²) in [6, 6.07) is 7.36. The van der Waals surface area contributed by atoms with Gasteiger partial charge >= 0.3 is 5.97 Å². The Hall–Kier alpha value is -2.97. The van der Waals surface area contributed by atoms with Gasteiger partial charge in [-0.1, -0.05) is 56.0 Å². The van der Waals surface area contributed by atoms with Crippen molar-refractivity contribution in [2.45, 2.75) is 75.8 Å². The van der Waals surface area contributed by atoms with Crippen molar-refractivity contribution < 1.29 is 29.0 Å². The van der Waals surface area contributed by atoms with Gasteiger partial charge in [-0.05, 0) is 45.6 Å². The Morgan fingerprint density at radius 2 is 1.92 bits per heavy atom. The highest BCUT2D eigenvalue weighted by atomic mass is 16.6. The third-order valence-corrected chi connectivity index (χ3v) is 8.53. The average molecular weight is 525 g/mol. The van der Waals surface area contributed by atoms with E-state index in [-0.39, 0.29) is 31.6 Å². The molecule has 2 unspecified atom stereocenters. The number of hydrogen-bond acceptors (Lipinski definition) is 6. The molecule has 3 fully saturated rings. The lowest BCUT2D eigenvalue weighted by atomic mass is 9.65. The number of fused-ring (bicyclic) bond motifs is 1. The van der Waals surface area contributed by atoms with Crippen molar-refractivity contribution in [3.8, 4) is 0 Å². The molecular weight excluding hydrogens is 484 g/mol. The molecule has 3 saturated heterocycles. The fraction of sp³-hybridized carbons (Fsp3) is 0.567. The summed E-state index contributed by atoms with van der Waals surface area (Å²) in [7, 11) is 0. The van der Waals surface area contributed by atoms with Gasteiger partial charge < -0.3 is 24.4 Å². The Balaban J connectivity index is 1.90. The van der Waals surface area contributed by atoms with E-state index in [9.17, 15) is 19.5 Å². The molecule has 1 aromatic rings. The third kappa shape index (κ3) is 4.18. The maximum atomic E-state index is 14.5. The predicted octanol–water partition coefficient (Wildman–Crippen LogP) is 3.42. The van der Waals surface area contributed by atoms with Crippen LogP contribution in [-0.2, 0) is 23.9 Å². The van der Waals surface area contributed by atoms with Gasteiger partial charge in [0.25, 0.3) is 0 Å². The van der Waals surface area contributed by atoms with E-state index in [0.717, 1.165) is 0 Å². The number of nitrogens with zero attached hydrogens (tertiary/aromatic N) is 2. The van der Waals surface area contributed by atoms with E-state index in [2.05, 4.69) is 13.2 Å². The Bertz CT molecular complexity index is 1100. The molecule has 38 heavy (non-hydrogen) atoms. The second-order valence-corrected chi connectivity index (χ2v) is 11.5. The largest absolute Gasteiger partial charge is 0.461 e. The maximum absolute atomic E-state index is 14.5. The molecule has 3 aliphatic heterocycles. The number of carbonyl (C=O) groups excluding carboxylic acids is 3. The monoisotopic (exact) mass is 524 g/mol. The number of hydrogen-bond donors (Lipinski definition) is 1. The van der Waals surface area contributed by atoms with Crippen LogP contribution in [0.1, 0.15) is 58.6 Å². The lowest BCUT2D eigenvalue weighted by Crippen LogP contribution is -2.60. The van der Waals surface area contributed by atoms with E-state index >= 15 is 0 Å². The summed E-state index contributed by atoms with van der Waals surface area (Å²) in [4.78, 5) is 45.6. The summed E-state index contributed by atoms with van der Waals surface area (Å²) in [5, 5.41) is 10.6. The minimum absolute atomic E-state index is 0.0233. The highest BCUT2D eigenvalue weighted by Crippen LogP contribution is 2.65. The van der Waals surface area contributed by atoms with Gasteiger partial charge in [-0.3, -0.25) is 14.4 Å². The molecule has 2 amide bonds. The van der Waals surface area contributed by atoms with Gasteiger partial charge in [0.1, 0.15) is 24.2 Å². The van der Waals surface area contributed by atoms with Crippen molar-refractivity contribution in [3.05, 3.63) is 61.2 Å². The Labute approximate surface area is 225 Å². The van der Waals surface area contributed by atoms with Crippen molar-refractivity contribution in [2.24, 2.45) is 11.8 Å². The van der Waals surface area contributed by atoms with Crippen LogP contribution in [-0.4, -0.2) is 75.2 Å². The Morgan fingerprint density at radius 3 is 2.47 bits per heavy atom. The molecule has 3 aliphatic rings. The van der Waals surface area contributed by atoms with Crippen LogP contribution in [0.3, 0.4) is 0 Å². The first-order chi connectivity index (χ1) is 18.0. The lowest BCUT2D eigenvalue weighted by molar-refractivity contribution is -0.164. The summed E-state index contributed by atoms with van der Waals surface area (Å²) < 4.78 is 12.3. The molecule has 1 aromatic carbocycles. The molecule has 0 aliphatic carbocycles. The molecule has 8 heteroatoms. The minimum Gasteiger partial charge on any atom is -0.461 e. The van der Waals surface area contributed by atoms with E-state index < -0.39 is 46.6 Å². The second-order valence-electron chi connectivity index (χ2n) is 11.5. The van der Waals surface area contributed by atoms with Crippen molar-refractivity contribution in [2.75, 3.05) is 19.8 Å². The van der Waals surface area contributed by atoms with Crippen molar-refractivity contribution in [1.29, 1.82) is 0 Å². The van der Waals surface area contributed by atoms with Crippen LogP contribution in [0.25, 0.3) is 0 Å². The first-order valence-electron chi connectivity index (χ1n) is 13.4. The van der Waals surface area contributed by atoms with Gasteiger partial charge in [0.15, 0.2) is 0 Å². The SMILES string of the molecule is C=CCOC(=O)[C@@H]1[C@H]2C(=O)N([C@H](CO)c3ccccc3)C(C(=O)N(CC=C)C(C)(C)C)C23CC[C@@]1(CC)O3. The van der Waals surface area contributed by atoms with E-state index in [1.165, 1.54) is 11.0 Å². The third-order valence-electron chi connectivity index (χ3n) is 8.53.